The standard InChI is InChI=1S/C24H30N2O2/c1-16-6-5-7-20(14-16)15-22(27)26-10-8-21(9-11-26)24(28)25-23-18(3)12-17(2)13-19(23)4/h5-7,12-14,21H,8-11,15H2,1-4H3,(H,25,28). The van der Waals surface area contributed by atoms with Crippen LogP contribution in [0.3, 0.4) is 0 Å². The topological polar surface area (TPSA) is 49.4 Å². The predicted octanol–water partition coefficient (Wildman–Crippen LogP) is 4.34. The zero-order valence-corrected chi connectivity index (χ0v) is 17.3. The normalized spacial score (nSPS) is 14.8. The molecule has 3 rings (SSSR count). The Morgan fingerprint density at radius 2 is 1.61 bits per heavy atom. The Morgan fingerprint density at radius 3 is 2.21 bits per heavy atom. The van der Waals surface area contributed by atoms with Crippen molar-refractivity contribution in [1.82, 2.24) is 4.90 Å². The maximum absolute atomic E-state index is 12.7. The summed E-state index contributed by atoms with van der Waals surface area (Å²) < 4.78 is 0. The van der Waals surface area contributed by atoms with E-state index in [2.05, 4.69) is 30.4 Å². The van der Waals surface area contributed by atoms with Gasteiger partial charge in [0.05, 0.1) is 6.42 Å². The van der Waals surface area contributed by atoms with E-state index in [1.54, 1.807) is 0 Å². The lowest BCUT2D eigenvalue weighted by atomic mass is 9.94. The number of hydrogen-bond acceptors (Lipinski definition) is 2. The highest BCUT2D eigenvalue weighted by atomic mass is 16.2. The molecule has 28 heavy (non-hydrogen) atoms. The van der Waals surface area contributed by atoms with Crippen LogP contribution in [0.15, 0.2) is 36.4 Å². The molecule has 1 fully saturated rings. The number of benzene rings is 2. The fourth-order valence-electron chi connectivity index (χ4n) is 4.10. The molecule has 148 valence electrons. The van der Waals surface area contributed by atoms with Gasteiger partial charge in [0.15, 0.2) is 0 Å². The predicted molar refractivity (Wildman–Crippen MR) is 113 cm³/mol. The quantitative estimate of drug-likeness (QED) is 0.860. The largest absolute Gasteiger partial charge is 0.342 e. The lowest BCUT2D eigenvalue weighted by molar-refractivity contribution is -0.133. The summed E-state index contributed by atoms with van der Waals surface area (Å²) in [6, 6.07) is 12.3. The Balaban J connectivity index is 1.55. The van der Waals surface area contributed by atoms with Crippen molar-refractivity contribution in [1.29, 1.82) is 0 Å². The molecule has 0 atom stereocenters. The summed E-state index contributed by atoms with van der Waals surface area (Å²) in [7, 11) is 0. The van der Waals surface area contributed by atoms with Crippen LogP contribution in [0.2, 0.25) is 0 Å². The summed E-state index contributed by atoms with van der Waals surface area (Å²) in [5.41, 5.74) is 6.53. The van der Waals surface area contributed by atoms with Gasteiger partial charge in [-0.25, -0.2) is 0 Å². The molecule has 1 aliphatic heterocycles. The summed E-state index contributed by atoms with van der Waals surface area (Å²) in [5, 5.41) is 3.12. The molecule has 1 N–H and O–H groups in total. The van der Waals surface area contributed by atoms with E-state index in [1.165, 1.54) is 11.1 Å². The highest BCUT2D eigenvalue weighted by Crippen LogP contribution is 2.25. The van der Waals surface area contributed by atoms with Gasteiger partial charge in [-0.2, -0.15) is 0 Å². The zero-order valence-electron chi connectivity index (χ0n) is 17.3. The van der Waals surface area contributed by atoms with Crippen LogP contribution in [0.5, 0.6) is 0 Å². The molecule has 0 unspecified atom stereocenters. The van der Waals surface area contributed by atoms with Gasteiger partial charge in [-0.3, -0.25) is 9.59 Å². The van der Waals surface area contributed by atoms with E-state index in [0.29, 0.717) is 19.5 Å². The van der Waals surface area contributed by atoms with Crippen LogP contribution in [0.4, 0.5) is 5.69 Å². The zero-order chi connectivity index (χ0) is 20.3. The third kappa shape index (κ3) is 4.80. The van der Waals surface area contributed by atoms with Crippen LogP contribution in [-0.4, -0.2) is 29.8 Å². The number of nitrogens with one attached hydrogen (secondary N) is 1. The van der Waals surface area contributed by atoms with Crippen LogP contribution in [-0.2, 0) is 16.0 Å². The van der Waals surface area contributed by atoms with Crippen molar-refractivity contribution < 1.29 is 9.59 Å². The van der Waals surface area contributed by atoms with Crippen molar-refractivity contribution in [3.8, 4) is 0 Å². The molecule has 2 aromatic carbocycles. The first kappa shape index (κ1) is 20.1. The average molecular weight is 379 g/mol. The van der Waals surface area contributed by atoms with Crippen molar-refractivity contribution >= 4 is 17.5 Å². The number of anilines is 1. The molecule has 4 nitrogen and oxygen atoms in total. The first-order valence-corrected chi connectivity index (χ1v) is 10.1. The molecule has 1 heterocycles. The number of rotatable bonds is 4. The highest BCUT2D eigenvalue weighted by molar-refractivity contribution is 5.94. The van der Waals surface area contributed by atoms with Crippen LogP contribution < -0.4 is 5.32 Å². The molecule has 0 spiro atoms. The van der Waals surface area contributed by atoms with E-state index >= 15 is 0 Å². The van der Waals surface area contributed by atoms with Crippen LogP contribution in [0.25, 0.3) is 0 Å². The lowest BCUT2D eigenvalue weighted by Gasteiger charge is -2.31. The van der Waals surface area contributed by atoms with Gasteiger partial charge in [0.25, 0.3) is 0 Å². The number of likely N-dealkylation sites (tertiary alicyclic amines) is 1. The van der Waals surface area contributed by atoms with Gasteiger partial charge in [0.2, 0.25) is 11.8 Å². The third-order valence-corrected chi connectivity index (χ3v) is 5.58. The Kier molecular flexibility index (Phi) is 6.18. The summed E-state index contributed by atoms with van der Waals surface area (Å²) in [6.07, 6.45) is 1.87. The second-order valence-corrected chi connectivity index (χ2v) is 8.08. The number of carbonyl (C=O) groups excluding carboxylic acids is 2. The molecule has 2 amide bonds. The Bertz CT molecular complexity index is 857. The number of amides is 2. The summed E-state index contributed by atoms with van der Waals surface area (Å²) >= 11 is 0. The fourth-order valence-corrected chi connectivity index (χ4v) is 4.10. The van der Waals surface area contributed by atoms with E-state index in [-0.39, 0.29) is 17.7 Å². The van der Waals surface area contributed by atoms with Crippen molar-refractivity contribution in [3.63, 3.8) is 0 Å². The minimum absolute atomic E-state index is 0.0388. The van der Waals surface area contributed by atoms with Gasteiger partial charge < -0.3 is 10.2 Å². The number of hydrogen-bond donors (Lipinski definition) is 1. The van der Waals surface area contributed by atoms with Gasteiger partial charge in [-0.15, -0.1) is 0 Å². The number of carbonyl (C=O) groups is 2. The van der Waals surface area contributed by atoms with Gasteiger partial charge in [0, 0.05) is 24.7 Å². The van der Waals surface area contributed by atoms with E-state index in [1.807, 2.05) is 43.9 Å². The lowest BCUT2D eigenvalue weighted by Crippen LogP contribution is -2.42. The monoisotopic (exact) mass is 378 g/mol. The number of nitrogens with zero attached hydrogens (tertiary/aromatic N) is 1. The summed E-state index contributed by atoms with van der Waals surface area (Å²) in [4.78, 5) is 27.2. The molecule has 0 aromatic heterocycles. The van der Waals surface area contributed by atoms with E-state index < -0.39 is 0 Å². The molecule has 4 heteroatoms. The number of piperidine rings is 1. The molecule has 0 aliphatic carbocycles. The Hall–Kier alpha value is -2.62. The minimum Gasteiger partial charge on any atom is -0.342 e. The molecule has 1 aliphatic rings. The first-order valence-electron chi connectivity index (χ1n) is 10.1. The maximum Gasteiger partial charge on any atom is 0.227 e. The SMILES string of the molecule is Cc1cccc(CC(=O)N2CCC(C(=O)Nc3c(C)cc(C)cc3C)CC2)c1. The first-order chi connectivity index (χ1) is 13.3. The molecular formula is C24H30N2O2. The van der Waals surface area contributed by atoms with Gasteiger partial charge in [-0.05, 0) is 57.2 Å². The molecule has 0 radical (unpaired) electrons. The Morgan fingerprint density at radius 1 is 0.964 bits per heavy atom. The van der Waals surface area contributed by atoms with Crippen LogP contribution in [0, 0.1) is 33.6 Å². The van der Waals surface area contributed by atoms with E-state index in [9.17, 15) is 9.59 Å². The fraction of sp³-hybridized carbons (Fsp3) is 0.417. The highest BCUT2D eigenvalue weighted by Gasteiger charge is 2.27. The van der Waals surface area contributed by atoms with Crippen molar-refractivity contribution in [3.05, 3.63) is 64.2 Å². The van der Waals surface area contributed by atoms with Gasteiger partial charge >= 0.3 is 0 Å². The summed E-state index contributed by atoms with van der Waals surface area (Å²) in [5.74, 6) is 0.179. The molecule has 2 aromatic rings. The molecular weight excluding hydrogens is 348 g/mol. The maximum atomic E-state index is 12.7. The number of aryl methyl sites for hydroxylation is 4. The molecule has 0 saturated carbocycles. The minimum atomic E-state index is -0.0388. The second kappa shape index (κ2) is 8.59. The van der Waals surface area contributed by atoms with E-state index in [4.69, 9.17) is 0 Å². The summed E-state index contributed by atoms with van der Waals surface area (Å²) in [6.45, 7) is 9.46. The van der Waals surface area contributed by atoms with Gasteiger partial charge in [0.1, 0.15) is 0 Å². The third-order valence-electron chi connectivity index (χ3n) is 5.58. The average Bonchev–Trinajstić information content (AvgIpc) is 2.64. The smallest absolute Gasteiger partial charge is 0.227 e. The molecule has 1 saturated heterocycles. The van der Waals surface area contributed by atoms with Crippen molar-refractivity contribution in [2.24, 2.45) is 5.92 Å². The van der Waals surface area contributed by atoms with Crippen LogP contribution >= 0.6 is 0 Å². The van der Waals surface area contributed by atoms with E-state index in [0.717, 1.165) is 35.2 Å². The van der Waals surface area contributed by atoms with Crippen LogP contribution in [0.1, 0.15) is 40.7 Å². The van der Waals surface area contributed by atoms with Gasteiger partial charge in [-0.1, -0.05) is 47.5 Å². The molecule has 0 bridgehead atoms. The van der Waals surface area contributed by atoms with Crippen molar-refractivity contribution in [2.45, 2.75) is 47.0 Å². The Labute approximate surface area is 167 Å². The second-order valence-electron chi connectivity index (χ2n) is 8.08. The van der Waals surface area contributed by atoms with Crippen molar-refractivity contribution in [2.75, 3.05) is 18.4 Å².